The van der Waals surface area contributed by atoms with E-state index in [1.807, 2.05) is 0 Å². The van der Waals surface area contributed by atoms with Crippen LogP contribution in [0.3, 0.4) is 0 Å². The molecule has 10 heteroatoms. The minimum absolute atomic E-state index is 0.0256. The second-order valence-electron chi connectivity index (χ2n) is 9.13. The van der Waals surface area contributed by atoms with Gasteiger partial charge >= 0.3 is 0 Å². The third-order valence-electron chi connectivity index (χ3n) is 6.49. The van der Waals surface area contributed by atoms with Crippen LogP contribution in [0.15, 0.2) is 35.2 Å². The Hall–Kier alpha value is -2.39. The van der Waals surface area contributed by atoms with Crippen molar-refractivity contribution in [3.8, 4) is 11.5 Å². The number of benzene rings is 2. The molecule has 0 aromatic heterocycles. The lowest BCUT2D eigenvalue weighted by Crippen LogP contribution is -2.32. The maximum Gasteiger partial charge on any atom is 0.268 e. The first kappa shape index (κ1) is 25.7. The number of amides is 1. The fourth-order valence-electron chi connectivity index (χ4n) is 4.58. The van der Waals surface area contributed by atoms with Crippen molar-refractivity contribution in [2.75, 3.05) is 6.61 Å². The van der Waals surface area contributed by atoms with Gasteiger partial charge in [-0.25, -0.2) is 21.9 Å². The number of rotatable bonds is 8. The monoisotopic (exact) mass is 527 g/mol. The van der Waals surface area contributed by atoms with Gasteiger partial charge < -0.3 is 9.47 Å². The van der Waals surface area contributed by atoms with E-state index in [9.17, 15) is 22.0 Å². The molecular weight excluding hydrogens is 500 g/mol. The molecule has 190 valence electrons. The molecule has 2 saturated carbocycles. The number of hydrogen-bond acceptors (Lipinski definition) is 5. The average molecular weight is 528 g/mol. The van der Waals surface area contributed by atoms with Crippen LogP contribution in [-0.4, -0.2) is 27.0 Å². The molecule has 1 amide bonds. The summed E-state index contributed by atoms with van der Waals surface area (Å²) in [6, 6.07) is 5.29. The van der Waals surface area contributed by atoms with Crippen LogP contribution in [0.2, 0.25) is 5.02 Å². The van der Waals surface area contributed by atoms with Gasteiger partial charge in [-0.2, -0.15) is 0 Å². The van der Waals surface area contributed by atoms with Gasteiger partial charge in [-0.1, -0.05) is 30.9 Å². The highest BCUT2D eigenvalue weighted by Crippen LogP contribution is 2.31. The van der Waals surface area contributed by atoms with Gasteiger partial charge in [0.25, 0.3) is 15.9 Å². The molecule has 0 unspecified atom stereocenters. The standard InChI is InChI=1S/C25H28ClF2NO5S/c26-20-13-19(21(27)14-23(20)33-15-16-6-4-5-7-16)25(30)29-35(31,32)24-11-10-18(12-22(24)28)34-17-8-2-1-3-9-17/h10-14,16-17H,1-9,15H2,(H,29,30). The molecule has 0 atom stereocenters. The van der Waals surface area contributed by atoms with Crippen molar-refractivity contribution in [1.82, 2.24) is 4.72 Å². The number of hydrogen-bond donors (Lipinski definition) is 1. The zero-order valence-electron chi connectivity index (χ0n) is 19.2. The molecule has 2 aromatic carbocycles. The molecular formula is C25H28ClF2NO5S. The third kappa shape index (κ3) is 6.44. The van der Waals surface area contributed by atoms with Crippen molar-refractivity contribution >= 4 is 27.5 Å². The van der Waals surface area contributed by atoms with E-state index in [2.05, 4.69) is 0 Å². The molecule has 2 aromatic rings. The summed E-state index contributed by atoms with van der Waals surface area (Å²) >= 11 is 6.15. The smallest absolute Gasteiger partial charge is 0.268 e. The lowest BCUT2D eigenvalue weighted by atomic mass is 9.98. The Morgan fingerprint density at radius 1 is 0.971 bits per heavy atom. The predicted octanol–water partition coefficient (Wildman–Crippen LogP) is 6.02. The van der Waals surface area contributed by atoms with Crippen molar-refractivity contribution in [3.05, 3.63) is 52.6 Å². The van der Waals surface area contributed by atoms with Crippen LogP contribution in [0.5, 0.6) is 11.5 Å². The molecule has 4 rings (SSSR count). The van der Waals surface area contributed by atoms with Gasteiger partial charge in [0.05, 0.1) is 23.3 Å². The number of nitrogens with one attached hydrogen (secondary N) is 1. The van der Waals surface area contributed by atoms with E-state index >= 15 is 0 Å². The predicted molar refractivity (Wildman–Crippen MR) is 127 cm³/mol. The average Bonchev–Trinajstić information content (AvgIpc) is 3.33. The van der Waals surface area contributed by atoms with E-state index in [0.717, 1.165) is 82.1 Å². The number of carbonyl (C=O) groups is 1. The molecule has 6 nitrogen and oxygen atoms in total. The summed E-state index contributed by atoms with van der Waals surface area (Å²) < 4.78 is 67.6. The largest absolute Gasteiger partial charge is 0.492 e. The fraction of sp³-hybridized carbons (Fsp3) is 0.480. The van der Waals surface area contributed by atoms with Crippen molar-refractivity contribution in [1.29, 1.82) is 0 Å². The molecule has 2 fully saturated rings. The Morgan fingerprint density at radius 2 is 1.66 bits per heavy atom. The lowest BCUT2D eigenvalue weighted by Gasteiger charge is -2.23. The van der Waals surface area contributed by atoms with E-state index in [1.54, 1.807) is 4.72 Å². The third-order valence-corrected chi connectivity index (χ3v) is 8.15. The van der Waals surface area contributed by atoms with Crippen molar-refractivity contribution in [2.45, 2.75) is 68.8 Å². The summed E-state index contributed by atoms with van der Waals surface area (Å²) in [5, 5.41) is -0.0256. The Bertz CT molecular complexity index is 1180. The molecule has 0 heterocycles. The normalized spacial score (nSPS) is 17.3. The Labute approximate surface area is 209 Å². The van der Waals surface area contributed by atoms with E-state index in [1.165, 1.54) is 6.07 Å². The van der Waals surface area contributed by atoms with Gasteiger partial charge in [0.1, 0.15) is 28.0 Å². The second-order valence-corrected chi connectivity index (χ2v) is 11.2. The van der Waals surface area contributed by atoms with E-state index < -0.39 is 38.0 Å². The first-order chi connectivity index (χ1) is 16.7. The van der Waals surface area contributed by atoms with Gasteiger partial charge in [-0.15, -0.1) is 0 Å². The number of ether oxygens (including phenoxy) is 2. The van der Waals surface area contributed by atoms with Crippen LogP contribution in [0.4, 0.5) is 8.78 Å². The molecule has 35 heavy (non-hydrogen) atoms. The molecule has 0 saturated heterocycles. The Kier molecular flexibility index (Phi) is 8.16. The van der Waals surface area contributed by atoms with E-state index in [4.69, 9.17) is 21.1 Å². The fourth-order valence-corrected chi connectivity index (χ4v) is 5.82. The van der Waals surface area contributed by atoms with Crippen LogP contribution in [0.1, 0.15) is 68.1 Å². The summed E-state index contributed by atoms with van der Waals surface area (Å²) in [7, 11) is -4.62. The summed E-state index contributed by atoms with van der Waals surface area (Å²) in [5.41, 5.74) is -0.593. The number of halogens is 3. The minimum Gasteiger partial charge on any atom is -0.492 e. The molecule has 0 radical (unpaired) electrons. The SMILES string of the molecule is O=C(NS(=O)(=O)c1ccc(OC2CCCCC2)cc1F)c1cc(Cl)c(OCC2CCCC2)cc1F. The summed E-state index contributed by atoms with van der Waals surface area (Å²) in [6.07, 6.45) is 9.18. The number of carbonyl (C=O) groups excluding carboxylic acids is 1. The minimum atomic E-state index is -4.62. The van der Waals surface area contributed by atoms with Crippen molar-refractivity contribution < 1.29 is 31.5 Å². The van der Waals surface area contributed by atoms with Crippen LogP contribution in [0, 0.1) is 17.6 Å². The Balaban J connectivity index is 1.44. The van der Waals surface area contributed by atoms with E-state index in [-0.39, 0.29) is 22.6 Å². The van der Waals surface area contributed by atoms with Crippen LogP contribution in [-0.2, 0) is 10.0 Å². The quantitative estimate of drug-likeness (QED) is 0.454. The second kappa shape index (κ2) is 11.1. The van der Waals surface area contributed by atoms with E-state index in [0.29, 0.717) is 12.5 Å². The van der Waals surface area contributed by atoms with Crippen LogP contribution >= 0.6 is 11.6 Å². The van der Waals surface area contributed by atoms with Gasteiger partial charge in [0.2, 0.25) is 0 Å². The molecule has 0 bridgehead atoms. The van der Waals surface area contributed by atoms with Crippen molar-refractivity contribution in [3.63, 3.8) is 0 Å². The van der Waals surface area contributed by atoms with Crippen LogP contribution < -0.4 is 14.2 Å². The first-order valence-electron chi connectivity index (χ1n) is 11.9. The molecule has 2 aliphatic rings. The topological polar surface area (TPSA) is 81.7 Å². The van der Waals surface area contributed by atoms with Crippen LogP contribution in [0.25, 0.3) is 0 Å². The first-order valence-corrected chi connectivity index (χ1v) is 13.7. The lowest BCUT2D eigenvalue weighted by molar-refractivity contribution is 0.0977. The summed E-state index contributed by atoms with van der Waals surface area (Å²) in [5.74, 6) is -2.68. The molecule has 0 spiro atoms. The zero-order chi connectivity index (χ0) is 25.0. The maximum absolute atomic E-state index is 14.6. The highest BCUT2D eigenvalue weighted by Gasteiger charge is 2.26. The van der Waals surface area contributed by atoms with Gasteiger partial charge in [-0.3, -0.25) is 4.79 Å². The number of sulfonamides is 1. The molecule has 2 aliphatic carbocycles. The van der Waals surface area contributed by atoms with Gasteiger partial charge in [-0.05, 0) is 62.6 Å². The molecule has 0 aliphatic heterocycles. The van der Waals surface area contributed by atoms with Gasteiger partial charge in [0.15, 0.2) is 0 Å². The van der Waals surface area contributed by atoms with Crippen molar-refractivity contribution in [2.24, 2.45) is 5.92 Å². The van der Waals surface area contributed by atoms with Gasteiger partial charge in [0, 0.05) is 12.1 Å². The highest BCUT2D eigenvalue weighted by atomic mass is 35.5. The Morgan fingerprint density at radius 3 is 2.34 bits per heavy atom. The maximum atomic E-state index is 14.6. The highest BCUT2D eigenvalue weighted by molar-refractivity contribution is 7.90. The molecule has 1 N–H and O–H groups in total. The zero-order valence-corrected chi connectivity index (χ0v) is 20.8. The summed E-state index contributed by atoms with van der Waals surface area (Å²) in [4.78, 5) is 11.8. The summed E-state index contributed by atoms with van der Waals surface area (Å²) in [6.45, 7) is 0.388.